The van der Waals surface area contributed by atoms with Gasteiger partial charge in [-0.3, -0.25) is 14.5 Å². The highest BCUT2D eigenvalue weighted by Crippen LogP contribution is 2.65. The fourth-order valence-electron chi connectivity index (χ4n) is 4.91. The van der Waals surface area contributed by atoms with Gasteiger partial charge < -0.3 is 5.32 Å². The molecule has 5 heteroatoms. The maximum Gasteiger partial charge on any atom is 0.235 e. The quantitative estimate of drug-likeness (QED) is 0.685. The van der Waals surface area contributed by atoms with Crippen LogP contribution in [0.5, 0.6) is 0 Å². The van der Waals surface area contributed by atoms with Crippen LogP contribution in [0.25, 0.3) is 0 Å². The number of imide groups is 1. The van der Waals surface area contributed by atoms with E-state index in [1.54, 1.807) is 12.1 Å². The van der Waals surface area contributed by atoms with E-state index in [1.165, 1.54) is 11.3 Å². The van der Waals surface area contributed by atoms with Gasteiger partial charge in [0.2, 0.25) is 11.8 Å². The van der Waals surface area contributed by atoms with E-state index < -0.39 is 0 Å². The Balaban J connectivity index is 1.36. The summed E-state index contributed by atoms with van der Waals surface area (Å²) < 4.78 is 0. The Kier molecular flexibility index (Phi) is 2.72. The number of rotatable bonds is 3. The van der Waals surface area contributed by atoms with Gasteiger partial charge in [0.05, 0.1) is 18.5 Å². The lowest BCUT2D eigenvalue weighted by atomic mass is 9.63. The first-order valence-corrected chi connectivity index (χ1v) is 8.56. The Morgan fingerprint density at radius 3 is 2.13 bits per heavy atom. The van der Waals surface area contributed by atoms with Crippen molar-refractivity contribution in [3.05, 3.63) is 41.4 Å². The summed E-state index contributed by atoms with van der Waals surface area (Å²) in [4.78, 5) is 27.0. The third-order valence-electron chi connectivity index (χ3n) is 6.04. The van der Waals surface area contributed by atoms with E-state index in [4.69, 9.17) is 11.6 Å². The molecule has 0 spiro atoms. The van der Waals surface area contributed by atoms with Crippen LogP contribution in [0.1, 0.15) is 6.42 Å². The van der Waals surface area contributed by atoms with Crippen molar-refractivity contribution in [3.63, 3.8) is 0 Å². The van der Waals surface area contributed by atoms with E-state index in [0.29, 0.717) is 16.9 Å². The Morgan fingerprint density at radius 1 is 1.00 bits per heavy atom. The number of nitrogens with zero attached hydrogens (tertiary/aromatic N) is 1. The first-order valence-electron chi connectivity index (χ1n) is 8.18. The smallest absolute Gasteiger partial charge is 0.235 e. The molecular weight excluding hydrogens is 312 g/mol. The van der Waals surface area contributed by atoms with Gasteiger partial charge >= 0.3 is 0 Å². The molecule has 0 unspecified atom stereocenters. The van der Waals surface area contributed by atoms with Crippen molar-refractivity contribution >= 4 is 29.1 Å². The van der Waals surface area contributed by atoms with Gasteiger partial charge in [-0.1, -0.05) is 23.8 Å². The van der Waals surface area contributed by atoms with E-state index in [1.807, 2.05) is 12.1 Å². The number of amides is 2. The minimum absolute atomic E-state index is 0.00571. The molecule has 1 heterocycles. The molecule has 1 saturated heterocycles. The van der Waals surface area contributed by atoms with Crippen LogP contribution in [0.4, 0.5) is 5.69 Å². The maximum atomic E-state index is 12.8. The lowest BCUT2D eigenvalue weighted by molar-refractivity contribution is -0.139. The number of carbonyl (C=O) groups is 2. The lowest BCUT2D eigenvalue weighted by Gasteiger charge is -2.37. The molecule has 5 aliphatic rings. The summed E-state index contributed by atoms with van der Waals surface area (Å²) in [5.41, 5.74) is 0.855. The second-order valence-electron chi connectivity index (χ2n) is 7.10. The molecule has 2 amide bonds. The molecule has 118 valence electrons. The molecule has 6 atom stereocenters. The van der Waals surface area contributed by atoms with Crippen molar-refractivity contribution < 1.29 is 9.59 Å². The molecule has 2 bridgehead atoms. The summed E-state index contributed by atoms with van der Waals surface area (Å²) >= 11 is 5.87. The van der Waals surface area contributed by atoms with Crippen LogP contribution in [0.2, 0.25) is 5.02 Å². The Hall–Kier alpha value is -1.81. The zero-order valence-corrected chi connectivity index (χ0v) is 13.2. The van der Waals surface area contributed by atoms with Crippen molar-refractivity contribution in [1.82, 2.24) is 4.90 Å². The van der Waals surface area contributed by atoms with Crippen LogP contribution >= 0.6 is 11.6 Å². The summed E-state index contributed by atoms with van der Waals surface area (Å²) in [7, 11) is 0. The van der Waals surface area contributed by atoms with E-state index in [9.17, 15) is 9.59 Å². The molecule has 1 aliphatic heterocycles. The highest BCUT2D eigenvalue weighted by Gasteiger charge is 2.66. The number of nitrogens with one attached hydrogen (secondary N) is 1. The summed E-state index contributed by atoms with van der Waals surface area (Å²) in [5, 5.41) is 3.83. The average Bonchev–Trinajstić information content (AvgIpc) is 3.33. The molecule has 1 aromatic carbocycles. The van der Waals surface area contributed by atoms with E-state index in [0.717, 1.165) is 5.69 Å². The number of halogens is 1. The lowest BCUT2D eigenvalue weighted by Crippen LogP contribution is -2.40. The number of carbonyl (C=O) groups excluding carboxylic acids is 2. The van der Waals surface area contributed by atoms with Crippen LogP contribution in [-0.2, 0) is 9.59 Å². The second-order valence-corrected chi connectivity index (χ2v) is 7.54. The molecule has 3 fully saturated rings. The van der Waals surface area contributed by atoms with Gasteiger partial charge in [-0.2, -0.15) is 0 Å². The Bertz CT molecular complexity index is 693. The van der Waals surface area contributed by atoms with Crippen LogP contribution in [-0.4, -0.2) is 23.4 Å². The van der Waals surface area contributed by atoms with Crippen molar-refractivity contribution in [3.8, 4) is 0 Å². The molecule has 1 N–H and O–H groups in total. The monoisotopic (exact) mass is 328 g/mol. The van der Waals surface area contributed by atoms with Crippen LogP contribution in [0.3, 0.4) is 0 Å². The molecule has 4 aliphatic carbocycles. The van der Waals surface area contributed by atoms with Crippen molar-refractivity contribution in [2.24, 2.45) is 35.5 Å². The minimum atomic E-state index is -0.117. The van der Waals surface area contributed by atoms with Gasteiger partial charge in [0.15, 0.2) is 0 Å². The number of allylic oxidation sites excluding steroid dienone is 2. The number of hydrogen-bond donors (Lipinski definition) is 1. The van der Waals surface area contributed by atoms with Crippen molar-refractivity contribution in [2.75, 3.05) is 12.0 Å². The van der Waals surface area contributed by atoms with E-state index in [-0.39, 0.29) is 42.2 Å². The highest BCUT2D eigenvalue weighted by atomic mass is 35.5. The SMILES string of the molecule is O=C1[C@@H]2[C@H]3C=C[C@@H]([C@@H]4C[C@@H]34)[C@@H]2C(=O)N1CNc1ccc(Cl)cc1. The summed E-state index contributed by atoms with van der Waals surface area (Å²) in [6.07, 6.45) is 5.58. The van der Waals surface area contributed by atoms with Gasteiger partial charge in [0.1, 0.15) is 0 Å². The zero-order chi connectivity index (χ0) is 15.7. The molecular formula is C18H17ClN2O2. The third-order valence-corrected chi connectivity index (χ3v) is 6.29. The summed E-state index contributed by atoms with van der Waals surface area (Å²) in [6, 6.07) is 7.27. The molecule has 2 saturated carbocycles. The minimum Gasteiger partial charge on any atom is -0.367 e. The normalized spacial score (nSPS) is 39.4. The van der Waals surface area contributed by atoms with Gasteiger partial charge in [0, 0.05) is 10.7 Å². The molecule has 1 aromatic rings. The third kappa shape index (κ3) is 1.84. The summed E-state index contributed by atoms with van der Waals surface area (Å²) in [5.74, 6) is 1.64. The van der Waals surface area contributed by atoms with Gasteiger partial charge in [-0.25, -0.2) is 0 Å². The number of hydrogen-bond acceptors (Lipinski definition) is 3. The molecule has 23 heavy (non-hydrogen) atoms. The van der Waals surface area contributed by atoms with Gasteiger partial charge in [-0.05, 0) is 54.4 Å². The average molecular weight is 329 g/mol. The Morgan fingerprint density at radius 2 is 1.57 bits per heavy atom. The topological polar surface area (TPSA) is 49.4 Å². The number of benzene rings is 1. The van der Waals surface area contributed by atoms with E-state index in [2.05, 4.69) is 17.5 Å². The largest absolute Gasteiger partial charge is 0.367 e. The zero-order valence-electron chi connectivity index (χ0n) is 12.5. The van der Waals surface area contributed by atoms with Crippen LogP contribution in [0.15, 0.2) is 36.4 Å². The first kappa shape index (κ1) is 13.6. The molecule has 0 aromatic heterocycles. The van der Waals surface area contributed by atoms with Gasteiger partial charge in [-0.15, -0.1) is 0 Å². The highest BCUT2D eigenvalue weighted by molar-refractivity contribution is 6.30. The fourth-order valence-corrected chi connectivity index (χ4v) is 5.04. The molecule has 6 rings (SSSR count). The standard InChI is InChI=1S/C18H17ClN2O2/c19-9-1-3-10(4-2-9)20-8-21-17(22)15-11-5-6-12(14-7-13(11)14)16(15)18(21)23/h1-6,11-16,20H,7-8H2/t11-,12-,13-,14-,15-,16+/m0/s1. The first-order chi connectivity index (χ1) is 11.1. The van der Waals surface area contributed by atoms with Crippen LogP contribution in [0, 0.1) is 35.5 Å². The fraction of sp³-hybridized carbons (Fsp3) is 0.444. The second kappa shape index (κ2) is 4.60. The predicted molar refractivity (Wildman–Crippen MR) is 86.5 cm³/mol. The summed E-state index contributed by atoms with van der Waals surface area (Å²) in [6.45, 7) is 0.237. The Labute approximate surface area is 139 Å². The van der Waals surface area contributed by atoms with Crippen molar-refractivity contribution in [2.45, 2.75) is 6.42 Å². The molecule has 4 nitrogen and oxygen atoms in total. The predicted octanol–water partition coefficient (Wildman–Crippen LogP) is 2.76. The van der Waals surface area contributed by atoms with Crippen LogP contribution < -0.4 is 5.32 Å². The van der Waals surface area contributed by atoms with E-state index >= 15 is 0 Å². The van der Waals surface area contributed by atoms with Gasteiger partial charge in [0.25, 0.3) is 0 Å². The number of anilines is 1. The molecule has 0 radical (unpaired) electrons. The maximum absolute atomic E-state index is 12.8. The van der Waals surface area contributed by atoms with Crippen molar-refractivity contribution in [1.29, 1.82) is 0 Å². The number of likely N-dealkylation sites (tertiary alicyclic amines) is 1.